The smallest absolute Gasteiger partial charge is 0.193 e. The first-order valence-electron chi connectivity index (χ1n) is 11.3. The average Bonchev–Trinajstić information content (AvgIpc) is 3.30. The molecule has 2 aromatic rings. The molecule has 0 aromatic heterocycles. The second kappa shape index (κ2) is 11.4. The minimum absolute atomic E-state index is 0.559. The fourth-order valence-corrected chi connectivity index (χ4v) is 5.14. The number of hydrogen-bond donors (Lipinski definition) is 1. The number of rotatable bonds is 7. The van der Waals surface area contributed by atoms with E-state index in [4.69, 9.17) is 4.74 Å². The van der Waals surface area contributed by atoms with Crippen LogP contribution in [-0.4, -0.2) is 62.2 Å². The molecule has 1 N–H and O–H groups in total. The van der Waals surface area contributed by atoms with Crippen LogP contribution in [0.1, 0.15) is 17.5 Å². The van der Waals surface area contributed by atoms with Crippen molar-refractivity contribution in [1.29, 1.82) is 0 Å². The number of thioether (sulfide) groups is 1. The maximum Gasteiger partial charge on any atom is 0.193 e. The fourth-order valence-electron chi connectivity index (χ4n) is 4.24. The first kappa shape index (κ1) is 22.0. The summed E-state index contributed by atoms with van der Waals surface area (Å²) in [6.45, 7) is 6.63. The van der Waals surface area contributed by atoms with Gasteiger partial charge < -0.3 is 19.9 Å². The van der Waals surface area contributed by atoms with Gasteiger partial charge in [0.2, 0.25) is 0 Å². The lowest BCUT2D eigenvalue weighted by molar-refractivity contribution is 0.0906. The fraction of sp³-hybridized carbons (Fsp3) is 0.480. The lowest BCUT2D eigenvalue weighted by Crippen LogP contribution is -2.39. The van der Waals surface area contributed by atoms with Crippen molar-refractivity contribution >= 4 is 23.4 Å². The minimum atomic E-state index is 0.559. The van der Waals surface area contributed by atoms with Crippen LogP contribution in [0.25, 0.3) is 0 Å². The molecule has 0 amide bonds. The van der Waals surface area contributed by atoms with Crippen molar-refractivity contribution in [3.8, 4) is 0 Å². The van der Waals surface area contributed by atoms with Crippen LogP contribution in [0.2, 0.25) is 0 Å². The Hall–Kier alpha value is -2.18. The van der Waals surface area contributed by atoms with E-state index in [1.54, 1.807) is 0 Å². The standard InChI is InChI=1S/C25H34N4OS/c1-26-25(27-17-21-7-9-24(10-8-21)28-13-15-31-16-14-28)29-12-11-23(18-29)20-30-19-22-5-3-2-4-6-22/h2-10,23H,11-20H2,1H3,(H,26,27). The highest BCUT2D eigenvalue weighted by Crippen LogP contribution is 2.20. The predicted molar refractivity (Wildman–Crippen MR) is 132 cm³/mol. The first-order chi connectivity index (χ1) is 15.3. The van der Waals surface area contributed by atoms with Gasteiger partial charge >= 0.3 is 0 Å². The van der Waals surface area contributed by atoms with Gasteiger partial charge in [0, 0.05) is 62.9 Å². The number of anilines is 1. The minimum Gasteiger partial charge on any atom is -0.376 e. The SMILES string of the molecule is CN=C(NCc1ccc(N2CCSCC2)cc1)N1CCC(COCc2ccccc2)C1. The van der Waals surface area contributed by atoms with E-state index in [1.807, 2.05) is 24.9 Å². The molecular formula is C25H34N4OS. The first-order valence-corrected chi connectivity index (χ1v) is 12.5. The van der Waals surface area contributed by atoms with Gasteiger partial charge in [-0.25, -0.2) is 0 Å². The molecule has 5 nitrogen and oxygen atoms in total. The molecule has 2 aliphatic heterocycles. The molecule has 0 bridgehead atoms. The van der Waals surface area contributed by atoms with Crippen molar-refractivity contribution in [2.24, 2.45) is 10.9 Å². The summed E-state index contributed by atoms with van der Waals surface area (Å²) >= 11 is 2.05. The molecule has 2 fully saturated rings. The Kier molecular flexibility index (Phi) is 8.13. The second-order valence-electron chi connectivity index (χ2n) is 8.27. The van der Waals surface area contributed by atoms with E-state index >= 15 is 0 Å². The number of nitrogens with zero attached hydrogens (tertiary/aromatic N) is 3. The third-order valence-electron chi connectivity index (χ3n) is 6.03. The highest BCUT2D eigenvalue weighted by molar-refractivity contribution is 7.99. The summed E-state index contributed by atoms with van der Waals surface area (Å²) in [4.78, 5) is 9.36. The van der Waals surface area contributed by atoms with Crippen LogP contribution in [0, 0.1) is 5.92 Å². The van der Waals surface area contributed by atoms with Gasteiger partial charge in [0.25, 0.3) is 0 Å². The average molecular weight is 439 g/mol. The van der Waals surface area contributed by atoms with E-state index in [2.05, 4.69) is 68.6 Å². The molecule has 2 heterocycles. The van der Waals surface area contributed by atoms with Gasteiger partial charge in [-0.05, 0) is 29.7 Å². The van der Waals surface area contributed by atoms with Crippen molar-refractivity contribution in [3.63, 3.8) is 0 Å². The Balaban J connectivity index is 1.20. The highest BCUT2D eigenvalue weighted by atomic mass is 32.2. The molecule has 2 aliphatic rings. The number of guanidine groups is 1. The lowest BCUT2D eigenvalue weighted by Gasteiger charge is -2.28. The maximum atomic E-state index is 5.96. The van der Waals surface area contributed by atoms with Crippen molar-refractivity contribution in [2.45, 2.75) is 19.6 Å². The molecule has 4 rings (SSSR count). The van der Waals surface area contributed by atoms with E-state index < -0.39 is 0 Å². The molecule has 1 unspecified atom stereocenters. The Morgan fingerprint density at radius 2 is 1.81 bits per heavy atom. The van der Waals surface area contributed by atoms with E-state index in [1.165, 1.54) is 28.3 Å². The van der Waals surface area contributed by atoms with Crippen molar-refractivity contribution < 1.29 is 4.74 Å². The van der Waals surface area contributed by atoms with Crippen LogP contribution in [0.15, 0.2) is 59.6 Å². The van der Waals surface area contributed by atoms with Crippen LogP contribution < -0.4 is 10.2 Å². The number of likely N-dealkylation sites (tertiary alicyclic amines) is 1. The van der Waals surface area contributed by atoms with Crippen LogP contribution in [0.3, 0.4) is 0 Å². The Bertz CT molecular complexity index is 821. The van der Waals surface area contributed by atoms with Crippen LogP contribution >= 0.6 is 11.8 Å². The van der Waals surface area contributed by atoms with Crippen LogP contribution in [0.4, 0.5) is 5.69 Å². The van der Waals surface area contributed by atoms with Gasteiger partial charge in [0.05, 0.1) is 13.2 Å². The Morgan fingerprint density at radius 3 is 2.55 bits per heavy atom. The van der Waals surface area contributed by atoms with E-state index in [-0.39, 0.29) is 0 Å². The summed E-state index contributed by atoms with van der Waals surface area (Å²) in [6.07, 6.45) is 1.15. The molecule has 0 spiro atoms. The van der Waals surface area contributed by atoms with Gasteiger partial charge in [-0.2, -0.15) is 11.8 Å². The number of ether oxygens (including phenoxy) is 1. The van der Waals surface area contributed by atoms with E-state index in [0.29, 0.717) is 12.5 Å². The molecule has 6 heteroatoms. The molecule has 2 aromatic carbocycles. The van der Waals surface area contributed by atoms with Crippen LogP contribution in [0.5, 0.6) is 0 Å². The molecule has 2 saturated heterocycles. The molecule has 0 aliphatic carbocycles. The molecule has 0 saturated carbocycles. The van der Waals surface area contributed by atoms with E-state index in [9.17, 15) is 0 Å². The van der Waals surface area contributed by atoms with Crippen LogP contribution in [-0.2, 0) is 17.9 Å². The highest BCUT2D eigenvalue weighted by Gasteiger charge is 2.25. The lowest BCUT2D eigenvalue weighted by atomic mass is 10.1. The summed E-state index contributed by atoms with van der Waals surface area (Å²) in [5.41, 5.74) is 3.87. The largest absolute Gasteiger partial charge is 0.376 e. The van der Waals surface area contributed by atoms with Gasteiger partial charge in [0.15, 0.2) is 5.96 Å². The zero-order chi connectivity index (χ0) is 21.3. The Morgan fingerprint density at radius 1 is 1.03 bits per heavy atom. The summed E-state index contributed by atoms with van der Waals surface area (Å²) in [6, 6.07) is 19.4. The quantitative estimate of drug-likeness (QED) is 0.525. The summed E-state index contributed by atoms with van der Waals surface area (Å²) in [7, 11) is 1.87. The molecular weight excluding hydrogens is 404 g/mol. The molecule has 1 atom stereocenters. The zero-order valence-electron chi connectivity index (χ0n) is 18.5. The third-order valence-corrected chi connectivity index (χ3v) is 6.97. The summed E-state index contributed by atoms with van der Waals surface area (Å²) in [5, 5.41) is 3.55. The number of hydrogen-bond acceptors (Lipinski definition) is 4. The van der Waals surface area contributed by atoms with Gasteiger partial charge in [0.1, 0.15) is 0 Å². The Labute approximate surface area is 190 Å². The van der Waals surface area contributed by atoms with Crippen molar-refractivity contribution in [3.05, 3.63) is 65.7 Å². The topological polar surface area (TPSA) is 40.1 Å². The predicted octanol–water partition coefficient (Wildman–Crippen LogP) is 3.85. The number of aliphatic imine (C=N–C) groups is 1. The van der Waals surface area contributed by atoms with Gasteiger partial charge in [-0.3, -0.25) is 4.99 Å². The second-order valence-corrected chi connectivity index (χ2v) is 9.49. The molecule has 166 valence electrons. The number of nitrogens with one attached hydrogen (secondary N) is 1. The number of benzene rings is 2. The maximum absolute atomic E-state index is 5.96. The monoisotopic (exact) mass is 438 g/mol. The van der Waals surface area contributed by atoms with Gasteiger partial charge in [-0.15, -0.1) is 0 Å². The molecule has 0 radical (unpaired) electrons. The third kappa shape index (κ3) is 6.40. The van der Waals surface area contributed by atoms with E-state index in [0.717, 1.165) is 51.7 Å². The summed E-state index contributed by atoms with van der Waals surface area (Å²) < 4.78 is 5.96. The zero-order valence-corrected chi connectivity index (χ0v) is 19.3. The molecule has 31 heavy (non-hydrogen) atoms. The van der Waals surface area contributed by atoms with Gasteiger partial charge in [-0.1, -0.05) is 42.5 Å². The van der Waals surface area contributed by atoms with Crippen molar-refractivity contribution in [1.82, 2.24) is 10.2 Å². The van der Waals surface area contributed by atoms with Crippen molar-refractivity contribution in [2.75, 3.05) is 56.2 Å². The normalized spacial score (nSPS) is 19.6. The summed E-state index contributed by atoms with van der Waals surface area (Å²) in [5.74, 6) is 4.01.